The van der Waals surface area contributed by atoms with E-state index in [9.17, 15) is 24.4 Å². The van der Waals surface area contributed by atoms with Crippen molar-refractivity contribution >= 4 is 29.8 Å². The molecule has 4 rings (SSSR count). The molecule has 0 aromatic heterocycles. The second kappa shape index (κ2) is 18.0. The fourth-order valence-corrected chi connectivity index (χ4v) is 4.79. The van der Waals surface area contributed by atoms with Gasteiger partial charge in [-0.3, -0.25) is 14.4 Å². The van der Waals surface area contributed by atoms with E-state index in [-0.39, 0.29) is 43.1 Å². The average Bonchev–Trinajstić information content (AvgIpc) is 3.15. The summed E-state index contributed by atoms with van der Waals surface area (Å²) in [5.74, 6) is -1.99. The normalized spacial score (nSPS) is 11.2. The quantitative estimate of drug-likeness (QED) is 0.131. The first-order valence-electron chi connectivity index (χ1n) is 15.5. The van der Waals surface area contributed by atoms with Crippen LogP contribution in [0.4, 0.5) is 0 Å². The van der Waals surface area contributed by atoms with E-state index in [1.807, 2.05) is 42.5 Å². The number of carbonyl (C=O) groups is 4. The van der Waals surface area contributed by atoms with Crippen molar-refractivity contribution in [2.24, 2.45) is 0 Å². The van der Waals surface area contributed by atoms with Gasteiger partial charge in [0.1, 0.15) is 24.7 Å². The number of rotatable bonds is 14. The SMILES string of the molecule is COC(=O)C(=Cc1ccc(C#N)cc1OC[C@H](CCC(=O)OCc1ccccc1)NC(=O)c1cccc(-c2ccc(C#N)cc2)c1)NC(C)=O. The Morgan fingerprint density at radius 3 is 2.24 bits per heavy atom. The first-order chi connectivity index (χ1) is 24.2. The van der Waals surface area contributed by atoms with Crippen molar-refractivity contribution in [2.75, 3.05) is 13.7 Å². The molecule has 0 aliphatic rings. The fraction of sp³-hybridized carbons (Fsp3) is 0.179. The van der Waals surface area contributed by atoms with Crippen LogP contribution in [0.1, 0.15) is 52.4 Å². The van der Waals surface area contributed by atoms with Crippen LogP contribution in [0.25, 0.3) is 17.2 Å². The maximum Gasteiger partial charge on any atom is 0.354 e. The topological polar surface area (TPSA) is 168 Å². The molecule has 0 unspecified atom stereocenters. The number of carbonyl (C=O) groups excluding carboxylic acids is 4. The molecule has 11 heteroatoms. The third-order valence-electron chi connectivity index (χ3n) is 7.35. The molecule has 0 aliphatic heterocycles. The number of nitriles is 2. The van der Waals surface area contributed by atoms with Gasteiger partial charge in [0.25, 0.3) is 5.91 Å². The first kappa shape index (κ1) is 36.1. The van der Waals surface area contributed by atoms with E-state index in [0.717, 1.165) is 16.7 Å². The summed E-state index contributed by atoms with van der Waals surface area (Å²) in [6.45, 7) is 1.21. The van der Waals surface area contributed by atoms with E-state index in [1.165, 1.54) is 32.2 Å². The fourth-order valence-electron chi connectivity index (χ4n) is 4.79. The van der Waals surface area contributed by atoms with Crippen molar-refractivity contribution in [1.29, 1.82) is 10.5 Å². The number of methoxy groups -OCH3 is 1. The summed E-state index contributed by atoms with van der Waals surface area (Å²) in [6.07, 6.45) is 1.47. The molecule has 2 N–H and O–H groups in total. The van der Waals surface area contributed by atoms with E-state index in [0.29, 0.717) is 16.7 Å². The van der Waals surface area contributed by atoms with Crippen molar-refractivity contribution in [1.82, 2.24) is 10.6 Å². The Morgan fingerprint density at radius 1 is 0.840 bits per heavy atom. The van der Waals surface area contributed by atoms with Gasteiger partial charge in [-0.05, 0) is 71.7 Å². The number of nitrogens with zero attached hydrogens (tertiary/aromatic N) is 2. The lowest BCUT2D eigenvalue weighted by atomic mass is 10.0. The van der Waals surface area contributed by atoms with Crippen molar-refractivity contribution in [2.45, 2.75) is 32.4 Å². The molecule has 50 heavy (non-hydrogen) atoms. The van der Waals surface area contributed by atoms with Gasteiger partial charge in [0.05, 0.1) is 36.4 Å². The highest BCUT2D eigenvalue weighted by Crippen LogP contribution is 2.25. The Hall–Kier alpha value is -6.72. The van der Waals surface area contributed by atoms with Crippen LogP contribution in [0.2, 0.25) is 0 Å². The van der Waals surface area contributed by atoms with Crippen LogP contribution in [0, 0.1) is 22.7 Å². The maximum atomic E-state index is 13.6. The van der Waals surface area contributed by atoms with E-state index in [4.69, 9.17) is 19.5 Å². The highest BCUT2D eigenvalue weighted by Gasteiger charge is 2.20. The number of amides is 2. The molecule has 0 saturated heterocycles. The summed E-state index contributed by atoms with van der Waals surface area (Å²) < 4.78 is 16.3. The smallest absolute Gasteiger partial charge is 0.354 e. The lowest BCUT2D eigenvalue weighted by Crippen LogP contribution is -2.39. The molecule has 2 amide bonds. The van der Waals surface area contributed by atoms with E-state index in [2.05, 4.69) is 16.7 Å². The predicted octanol–water partition coefficient (Wildman–Crippen LogP) is 5.45. The number of hydrogen-bond acceptors (Lipinski definition) is 9. The highest BCUT2D eigenvalue weighted by atomic mass is 16.5. The Balaban J connectivity index is 1.56. The average molecular weight is 671 g/mol. The van der Waals surface area contributed by atoms with Crippen LogP contribution in [0.3, 0.4) is 0 Å². The molecular weight excluding hydrogens is 636 g/mol. The Labute approximate surface area is 289 Å². The lowest BCUT2D eigenvalue weighted by molar-refractivity contribution is -0.145. The molecule has 11 nitrogen and oxygen atoms in total. The Morgan fingerprint density at radius 2 is 1.56 bits per heavy atom. The van der Waals surface area contributed by atoms with Crippen molar-refractivity contribution < 1.29 is 33.4 Å². The van der Waals surface area contributed by atoms with Gasteiger partial charge in [0.15, 0.2) is 0 Å². The predicted molar refractivity (Wildman–Crippen MR) is 184 cm³/mol. The van der Waals surface area contributed by atoms with Crippen molar-refractivity contribution in [3.63, 3.8) is 0 Å². The van der Waals surface area contributed by atoms with Crippen LogP contribution in [0.5, 0.6) is 5.75 Å². The van der Waals surface area contributed by atoms with E-state index in [1.54, 1.807) is 48.5 Å². The molecule has 0 bridgehead atoms. The van der Waals surface area contributed by atoms with Gasteiger partial charge >= 0.3 is 11.9 Å². The zero-order chi connectivity index (χ0) is 35.9. The molecule has 0 radical (unpaired) electrons. The maximum absolute atomic E-state index is 13.6. The molecule has 252 valence electrons. The van der Waals surface area contributed by atoms with Gasteiger partial charge in [0, 0.05) is 24.5 Å². The van der Waals surface area contributed by atoms with E-state index >= 15 is 0 Å². The number of esters is 2. The summed E-state index contributed by atoms with van der Waals surface area (Å²) >= 11 is 0. The van der Waals surface area contributed by atoms with Crippen LogP contribution >= 0.6 is 0 Å². The summed E-state index contributed by atoms with van der Waals surface area (Å²) in [6, 6.07) is 31.1. The standard InChI is InChI=1S/C39H34N4O7/c1-26(44)42-35(39(47)48-2)21-32-16-13-29(23-41)19-36(32)49-25-34(17-18-37(45)50-24-28-7-4-3-5-8-28)43-38(46)33-10-6-9-31(20-33)30-14-11-27(22-40)12-15-30/h3-16,19-21,34H,17-18,24-25H2,1-2H3,(H,42,44)(H,43,46)/t34-/m0/s1. The van der Waals surface area contributed by atoms with Crippen molar-refractivity contribution in [3.8, 4) is 29.0 Å². The molecule has 4 aromatic rings. The Kier molecular flexibility index (Phi) is 13.0. The molecule has 0 spiro atoms. The second-order valence-electron chi connectivity index (χ2n) is 11.0. The number of ether oxygens (including phenoxy) is 3. The van der Waals surface area contributed by atoms with Gasteiger partial charge < -0.3 is 24.8 Å². The highest BCUT2D eigenvalue weighted by molar-refractivity contribution is 5.98. The molecule has 4 aromatic carbocycles. The van der Waals surface area contributed by atoms with Crippen LogP contribution in [0.15, 0.2) is 103 Å². The Bertz CT molecular complexity index is 1960. The zero-order valence-electron chi connectivity index (χ0n) is 27.5. The number of nitrogens with one attached hydrogen (secondary N) is 2. The minimum Gasteiger partial charge on any atom is -0.491 e. The molecular formula is C39H34N4O7. The van der Waals surface area contributed by atoms with Gasteiger partial charge in [-0.1, -0.05) is 54.6 Å². The van der Waals surface area contributed by atoms with E-state index < -0.39 is 29.8 Å². The molecule has 0 saturated carbocycles. The van der Waals surface area contributed by atoms with Gasteiger partial charge in [-0.15, -0.1) is 0 Å². The van der Waals surface area contributed by atoms with Crippen molar-refractivity contribution in [3.05, 3.63) is 131 Å². The van der Waals surface area contributed by atoms with Gasteiger partial charge in [-0.25, -0.2) is 4.79 Å². The first-order valence-corrected chi connectivity index (χ1v) is 15.5. The summed E-state index contributed by atoms with van der Waals surface area (Å²) in [5, 5.41) is 24.0. The number of hydrogen-bond donors (Lipinski definition) is 2. The minimum absolute atomic E-state index is 0.0353. The van der Waals surface area contributed by atoms with Crippen LogP contribution < -0.4 is 15.4 Å². The summed E-state index contributed by atoms with van der Waals surface area (Å²) in [7, 11) is 1.17. The monoisotopic (exact) mass is 670 g/mol. The third kappa shape index (κ3) is 10.7. The summed E-state index contributed by atoms with van der Waals surface area (Å²) in [5.41, 5.74) is 3.76. The molecule has 0 aliphatic carbocycles. The lowest BCUT2D eigenvalue weighted by Gasteiger charge is -2.20. The third-order valence-corrected chi connectivity index (χ3v) is 7.35. The van der Waals surface area contributed by atoms with Gasteiger partial charge in [-0.2, -0.15) is 10.5 Å². The molecule has 0 heterocycles. The summed E-state index contributed by atoms with van der Waals surface area (Å²) in [4.78, 5) is 50.4. The second-order valence-corrected chi connectivity index (χ2v) is 11.0. The van der Waals surface area contributed by atoms with Crippen LogP contribution in [-0.2, 0) is 30.5 Å². The van der Waals surface area contributed by atoms with Crippen LogP contribution in [-0.4, -0.2) is 43.5 Å². The minimum atomic E-state index is -0.794. The molecule has 0 fully saturated rings. The molecule has 1 atom stereocenters. The zero-order valence-corrected chi connectivity index (χ0v) is 27.5. The van der Waals surface area contributed by atoms with Gasteiger partial charge in [0.2, 0.25) is 5.91 Å². The largest absolute Gasteiger partial charge is 0.491 e. The number of benzene rings is 4.